The summed E-state index contributed by atoms with van der Waals surface area (Å²) in [7, 11) is 0. The molecule has 0 radical (unpaired) electrons. The van der Waals surface area contributed by atoms with Crippen molar-refractivity contribution in [2.75, 3.05) is 39.3 Å². The van der Waals surface area contributed by atoms with Gasteiger partial charge in [0.2, 0.25) is 5.91 Å². The molecule has 0 unspecified atom stereocenters. The number of amides is 2. The normalized spacial score (nSPS) is 19.4. The second kappa shape index (κ2) is 13.0. The zero-order valence-electron chi connectivity index (χ0n) is 23.4. The minimum Gasteiger partial charge on any atom is -0.494 e. The highest BCUT2D eigenvalue weighted by Gasteiger charge is 2.33. The van der Waals surface area contributed by atoms with Gasteiger partial charge in [0.25, 0.3) is 5.91 Å². The third kappa shape index (κ3) is 6.39. The number of hydrogen-bond acceptors (Lipinski definition) is 5. The van der Waals surface area contributed by atoms with Crippen molar-refractivity contribution < 1.29 is 18.7 Å². The number of benzene rings is 2. The average Bonchev–Trinajstić information content (AvgIpc) is 3.44. The van der Waals surface area contributed by atoms with E-state index in [0.717, 1.165) is 37.1 Å². The molecule has 2 aromatic carbocycles. The molecular weight excluding hydrogens is 525 g/mol. The second-order valence-electron chi connectivity index (χ2n) is 10.7. The van der Waals surface area contributed by atoms with Gasteiger partial charge in [0.05, 0.1) is 12.6 Å². The number of carbonyl (C=O) groups is 2. The van der Waals surface area contributed by atoms with Gasteiger partial charge in [-0.2, -0.15) is 0 Å². The quantitative estimate of drug-likeness (QED) is 0.310. The molecule has 0 aliphatic carbocycles. The maximum Gasteiger partial charge on any atom is 0.254 e. The van der Waals surface area contributed by atoms with Crippen molar-refractivity contribution in [3.05, 3.63) is 87.4 Å². The van der Waals surface area contributed by atoms with Crippen LogP contribution in [0.2, 0.25) is 0 Å². The van der Waals surface area contributed by atoms with Crippen LogP contribution in [0, 0.1) is 5.82 Å². The van der Waals surface area contributed by atoms with Crippen molar-refractivity contribution in [2.24, 2.45) is 0 Å². The number of hydrogen-bond donors (Lipinski definition) is 0. The molecule has 0 saturated carbocycles. The van der Waals surface area contributed by atoms with Crippen molar-refractivity contribution in [2.45, 2.75) is 51.6 Å². The molecule has 0 N–H and O–H groups in total. The first-order chi connectivity index (χ1) is 19.4. The van der Waals surface area contributed by atoms with E-state index in [0.29, 0.717) is 44.8 Å². The van der Waals surface area contributed by atoms with Crippen LogP contribution in [0.15, 0.2) is 60.0 Å². The zero-order chi connectivity index (χ0) is 28.1. The Bertz CT molecular complexity index is 1310. The highest BCUT2D eigenvalue weighted by molar-refractivity contribution is 7.10. The number of rotatable bonds is 9. The van der Waals surface area contributed by atoms with Crippen molar-refractivity contribution in [3.63, 3.8) is 0 Å². The maximum atomic E-state index is 14.1. The molecule has 1 fully saturated rings. The van der Waals surface area contributed by atoms with E-state index in [4.69, 9.17) is 4.74 Å². The predicted octanol–water partition coefficient (Wildman–Crippen LogP) is 5.78. The molecule has 40 heavy (non-hydrogen) atoms. The van der Waals surface area contributed by atoms with Gasteiger partial charge in [-0.1, -0.05) is 25.5 Å². The summed E-state index contributed by atoms with van der Waals surface area (Å²) in [5.41, 5.74) is 2.78. The van der Waals surface area contributed by atoms with E-state index in [2.05, 4.69) is 23.3 Å². The van der Waals surface area contributed by atoms with E-state index < -0.39 is 0 Å². The van der Waals surface area contributed by atoms with Gasteiger partial charge in [0.1, 0.15) is 11.6 Å². The zero-order valence-corrected chi connectivity index (χ0v) is 24.2. The van der Waals surface area contributed by atoms with Crippen LogP contribution in [-0.2, 0) is 11.2 Å². The minimum atomic E-state index is -0.242. The van der Waals surface area contributed by atoms with Crippen LogP contribution in [0.25, 0.3) is 0 Å². The van der Waals surface area contributed by atoms with Crippen LogP contribution >= 0.6 is 11.3 Å². The van der Waals surface area contributed by atoms with Gasteiger partial charge in [-0.15, -0.1) is 11.3 Å². The Morgan fingerprint density at radius 3 is 2.65 bits per heavy atom. The van der Waals surface area contributed by atoms with E-state index in [9.17, 15) is 14.0 Å². The fourth-order valence-electron chi connectivity index (χ4n) is 5.75. The molecule has 3 aromatic rings. The Balaban J connectivity index is 1.17. The van der Waals surface area contributed by atoms with Gasteiger partial charge in [-0.3, -0.25) is 14.5 Å². The summed E-state index contributed by atoms with van der Waals surface area (Å²) in [6, 6.07) is 16.2. The molecule has 8 heteroatoms. The summed E-state index contributed by atoms with van der Waals surface area (Å²) in [6.07, 6.45) is 3.41. The summed E-state index contributed by atoms with van der Waals surface area (Å²) in [4.78, 5) is 33.9. The molecule has 1 saturated heterocycles. The summed E-state index contributed by atoms with van der Waals surface area (Å²) in [5.74, 6) is 0.615. The molecule has 1 aromatic heterocycles. The largest absolute Gasteiger partial charge is 0.494 e. The van der Waals surface area contributed by atoms with Crippen LogP contribution < -0.4 is 4.74 Å². The summed E-state index contributed by atoms with van der Waals surface area (Å²) < 4.78 is 19.8. The van der Waals surface area contributed by atoms with E-state index in [1.54, 1.807) is 23.5 Å². The standard InChI is InChI=1S/C32H38FN3O3S/c1-3-4-19-39-27-10-8-24(9-11-27)32(38)36-18-17-35(22-23(36)2)30(37)13-16-34-15-12-29-28(14-20-40-29)31(34)25-6-5-7-26(33)21-25/h5-11,14,20-21,23,31H,3-4,12-13,15-19,22H2,1-2H3/t23-,31+/m1/s1. The maximum absolute atomic E-state index is 14.1. The lowest BCUT2D eigenvalue weighted by Gasteiger charge is -2.41. The molecule has 2 atom stereocenters. The Morgan fingerprint density at radius 1 is 1.07 bits per heavy atom. The van der Waals surface area contributed by atoms with Gasteiger partial charge in [-0.25, -0.2) is 4.39 Å². The number of piperazine rings is 1. The first-order valence-corrected chi connectivity index (χ1v) is 15.2. The second-order valence-corrected chi connectivity index (χ2v) is 11.7. The summed E-state index contributed by atoms with van der Waals surface area (Å²) in [6.45, 7) is 7.79. The Hall–Kier alpha value is -3.23. The summed E-state index contributed by atoms with van der Waals surface area (Å²) >= 11 is 1.75. The minimum absolute atomic E-state index is 0.0162. The molecule has 2 aliphatic rings. The molecule has 2 amide bonds. The highest BCUT2D eigenvalue weighted by Crippen LogP contribution is 2.38. The molecule has 0 bridgehead atoms. The molecule has 2 aliphatic heterocycles. The molecule has 5 rings (SSSR count). The molecule has 3 heterocycles. The first kappa shape index (κ1) is 28.3. The fraction of sp³-hybridized carbons (Fsp3) is 0.438. The van der Waals surface area contributed by atoms with E-state index in [1.807, 2.05) is 47.1 Å². The molecule has 212 valence electrons. The van der Waals surface area contributed by atoms with E-state index >= 15 is 0 Å². The molecule has 6 nitrogen and oxygen atoms in total. The lowest BCUT2D eigenvalue weighted by atomic mass is 9.93. The third-order valence-electron chi connectivity index (χ3n) is 7.95. The van der Waals surface area contributed by atoms with Gasteiger partial charge in [-0.05, 0) is 78.7 Å². The Morgan fingerprint density at radius 2 is 1.90 bits per heavy atom. The Kier molecular flexibility index (Phi) is 9.17. The van der Waals surface area contributed by atoms with Crippen molar-refractivity contribution >= 4 is 23.2 Å². The number of fused-ring (bicyclic) bond motifs is 1. The molecular formula is C32H38FN3O3S. The van der Waals surface area contributed by atoms with Crippen LogP contribution in [-0.4, -0.2) is 71.9 Å². The lowest BCUT2D eigenvalue weighted by molar-refractivity contribution is -0.134. The first-order valence-electron chi connectivity index (χ1n) is 14.3. The monoisotopic (exact) mass is 563 g/mol. The number of halogens is 1. The Labute approximate surface area is 240 Å². The van der Waals surface area contributed by atoms with Crippen LogP contribution in [0.1, 0.15) is 65.5 Å². The average molecular weight is 564 g/mol. The van der Waals surface area contributed by atoms with Gasteiger partial charge >= 0.3 is 0 Å². The highest BCUT2D eigenvalue weighted by atomic mass is 32.1. The number of unbranched alkanes of at least 4 members (excludes halogenated alkanes) is 1. The van der Waals surface area contributed by atoms with Crippen LogP contribution in [0.4, 0.5) is 4.39 Å². The van der Waals surface area contributed by atoms with Crippen molar-refractivity contribution in [1.82, 2.24) is 14.7 Å². The van der Waals surface area contributed by atoms with Gasteiger partial charge in [0, 0.05) is 55.6 Å². The predicted molar refractivity (Wildman–Crippen MR) is 156 cm³/mol. The van der Waals surface area contributed by atoms with Crippen LogP contribution in [0.3, 0.4) is 0 Å². The number of ether oxygens (including phenoxy) is 1. The SMILES string of the molecule is CCCCOc1ccc(C(=O)N2CCN(C(=O)CCN3CCc4sccc4[C@@H]3c3cccc(F)c3)C[C@H]2C)cc1. The smallest absolute Gasteiger partial charge is 0.254 e. The lowest BCUT2D eigenvalue weighted by Crippen LogP contribution is -2.55. The van der Waals surface area contributed by atoms with Gasteiger partial charge < -0.3 is 14.5 Å². The van der Waals surface area contributed by atoms with E-state index in [-0.39, 0.29) is 29.7 Å². The van der Waals surface area contributed by atoms with E-state index in [1.165, 1.54) is 16.5 Å². The summed E-state index contributed by atoms with van der Waals surface area (Å²) in [5, 5.41) is 2.10. The van der Waals surface area contributed by atoms with Crippen LogP contribution in [0.5, 0.6) is 5.75 Å². The number of carbonyl (C=O) groups excluding carboxylic acids is 2. The third-order valence-corrected chi connectivity index (χ3v) is 8.95. The number of thiophene rings is 1. The van der Waals surface area contributed by atoms with Crippen molar-refractivity contribution in [3.8, 4) is 5.75 Å². The van der Waals surface area contributed by atoms with Crippen molar-refractivity contribution in [1.29, 1.82) is 0 Å². The van der Waals surface area contributed by atoms with Gasteiger partial charge in [0.15, 0.2) is 0 Å². The fourth-order valence-corrected chi connectivity index (χ4v) is 6.66. The molecule has 0 spiro atoms. The number of nitrogens with zero attached hydrogens (tertiary/aromatic N) is 3. The topological polar surface area (TPSA) is 53.1 Å².